The predicted octanol–water partition coefficient (Wildman–Crippen LogP) is 0.919. The van der Waals surface area contributed by atoms with Crippen LogP contribution >= 0.6 is 0 Å². The maximum atomic E-state index is 12.3. The van der Waals surface area contributed by atoms with Gasteiger partial charge in [0.1, 0.15) is 0 Å². The zero-order chi connectivity index (χ0) is 16.1. The minimum absolute atomic E-state index is 0.102. The molecule has 3 rings (SSSR count). The molecule has 0 radical (unpaired) electrons. The van der Waals surface area contributed by atoms with Crippen molar-refractivity contribution in [2.24, 2.45) is 7.05 Å². The average Bonchev–Trinajstić information content (AvgIpc) is 3.01. The van der Waals surface area contributed by atoms with Crippen molar-refractivity contribution < 1.29 is 14.3 Å². The molecule has 1 saturated heterocycles. The third kappa shape index (κ3) is 3.94. The lowest BCUT2D eigenvalue weighted by molar-refractivity contribution is -0.0613. The van der Waals surface area contributed by atoms with E-state index in [0.29, 0.717) is 25.6 Å². The van der Waals surface area contributed by atoms with E-state index >= 15 is 0 Å². The number of imidazole rings is 1. The lowest BCUT2D eigenvalue weighted by Crippen LogP contribution is -2.50. The number of pyridine rings is 1. The molecule has 1 aliphatic rings. The molecule has 0 unspecified atom stereocenters. The SMILES string of the molecule is Cn1ccnc1C(=O)N[C@@H]1COCC[C@H]1OCc1ccccn1. The van der Waals surface area contributed by atoms with Gasteiger partial charge in [0.2, 0.25) is 0 Å². The number of carbonyl (C=O) groups excluding carboxylic acids is 1. The highest BCUT2D eigenvalue weighted by Crippen LogP contribution is 2.14. The van der Waals surface area contributed by atoms with Gasteiger partial charge < -0.3 is 19.4 Å². The summed E-state index contributed by atoms with van der Waals surface area (Å²) >= 11 is 0. The van der Waals surface area contributed by atoms with E-state index in [-0.39, 0.29) is 18.1 Å². The maximum Gasteiger partial charge on any atom is 0.287 e. The molecule has 0 saturated carbocycles. The fraction of sp³-hybridized carbons (Fsp3) is 0.438. The number of carbonyl (C=O) groups is 1. The quantitative estimate of drug-likeness (QED) is 0.887. The number of aryl methyl sites for hydroxylation is 1. The average molecular weight is 316 g/mol. The highest BCUT2D eigenvalue weighted by molar-refractivity contribution is 5.91. The second-order valence-electron chi connectivity index (χ2n) is 5.48. The van der Waals surface area contributed by atoms with Crippen LogP contribution < -0.4 is 5.32 Å². The van der Waals surface area contributed by atoms with Gasteiger partial charge in [-0.25, -0.2) is 4.98 Å². The van der Waals surface area contributed by atoms with Crippen LogP contribution in [0.2, 0.25) is 0 Å². The Morgan fingerprint density at radius 1 is 1.43 bits per heavy atom. The number of hydrogen-bond acceptors (Lipinski definition) is 5. The van der Waals surface area contributed by atoms with Crippen molar-refractivity contribution in [3.05, 3.63) is 48.3 Å². The fourth-order valence-electron chi connectivity index (χ4n) is 2.55. The molecule has 1 fully saturated rings. The van der Waals surface area contributed by atoms with Crippen molar-refractivity contribution in [3.8, 4) is 0 Å². The molecule has 0 aromatic carbocycles. The van der Waals surface area contributed by atoms with Crippen LogP contribution in [0.4, 0.5) is 0 Å². The van der Waals surface area contributed by atoms with Gasteiger partial charge >= 0.3 is 0 Å². The van der Waals surface area contributed by atoms with E-state index in [0.717, 1.165) is 12.1 Å². The number of nitrogens with zero attached hydrogens (tertiary/aromatic N) is 3. The Morgan fingerprint density at radius 3 is 3.09 bits per heavy atom. The predicted molar refractivity (Wildman–Crippen MR) is 82.7 cm³/mol. The van der Waals surface area contributed by atoms with Crippen LogP contribution in [0, 0.1) is 0 Å². The first-order valence-electron chi connectivity index (χ1n) is 7.61. The minimum atomic E-state index is -0.223. The largest absolute Gasteiger partial charge is 0.379 e. The van der Waals surface area contributed by atoms with Crippen molar-refractivity contribution in [2.45, 2.75) is 25.2 Å². The second-order valence-corrected chi connectivity index (χ2v) is 5.48. The number of nitrogens with one attached hydrogen (secondary N) is 1. The van der Waals surface area contributed by atoms with Gasteiger partial charge in [-0.15, -0.1) is 0 Å². The molecule has 7 heteroatoms. The first-order valence-corrected chi connectivity index (χ1v) is 7.61. The molecule has 1 amide bonds. The normalized spacial score (nSPS) is 21.1. The van der Waals surface area contributed by atoms with E-state index in [1.54, 1.807) is 30.2 Å². The van der Waals surface area contributed by atoms with Crippen molar-refractivity contribution in [3.63, 3.8) is 0 Å². The standard InChI is InChI=1S/C16H20N4O3/c1-20-8-7-18-15(20)16(21)19-13-11-22-9-5-14(13)23-10-12-4-2-3-6-17-12/h2-4,6-8,13-14H,5,9-11H2,1H3,(H,19,21)/t13-,14-/m1/s1. The Kier molecular flexibility index (Phi) is 4.99. The number of hydrogen-bond donors (Lipinski definition) is 1. The van der Waals surface area contributed by atoms with E-state index in [9.17, 15) is 4.79 Å². The molecule has 2 aromatic heterocycles. The smallest absolute Gasteiger partial charge is 0.287 e. The zero-order valence-corrected chi connectivity index (χ0v) is 13.0. The molecular weight excluding hydrogens is 296 g/mol. The first-order chi connectivity index (χ1) is 11.2. The van der Waals surface area contributed by atoms with E-state index in [2.05, 4.69) is 15.3 Å². The van der Waals surface area contributed by atoms with E-state index in [4.69, 9.17) is 9.47 Å². The summed E-state index contributed by atoms with van der Waals surface area (Å²) in [6.07, 6.45) is 5.71. The molecular formula is C16H20N4O3. The summed E-state index contributed by atoms with van der Waals surface area (Å²) in [6.45, 7) is 1.48. The van der Waals surface area contributed by atoms with Crippen molar-refractivity contribution in [1.29, 1.82) is 0 Å². The highest BCUT2D eigenvalue weighted by atomic mass is 16.5. The van der Waals surface area contributed by atoms with Gasteiger partial charge in [-0.3, -0.25) is 9.78 Å². The lowest BCUT2D eigenvalue weighted by atomic mass is 10.1. The molecule has 122 valence electrons. The van der Waals surface area contributed by atoms with Gasteiger partial charge in [0.15, 0.2) is 5.82 Å². The number of rotatable bonds is 5. The molecule has 0 bridgehead atoms. The topological polar surface area (TPSA) is 78.3 Å². The molecule has 0 aliphatic carbocycles. The summed E-state index contributed by atoms with van der Waals surface area (Å²) in [5, 5.41) is 2.96. The summed E-state index contributed by atoms with van der Waals surface area (Å²) < 4.78 is 13.1. The highest BCUT2D eigenvalue weighted by Gasteiger charge is 2.29. The Bertz CT molecular complexity index is 644. The van der Waals surface area contributed by atoms with Gasteiger partial charge in [0.25, 0.3) is 5.91 Å². The summed E-state index contributed by atoms with van der Waals surface area (Å²) in [7, 11) is 1.79. The second kappa shape index (κ2) is 7.34. The van der Waals surface area contributed by atoms with E-state index in [1.807, 2.05) is 18.2 Å². The van der Waals surface area contributed by atoms with Gasteiger partial charge in [0.05, 0.1) is 31.1 Å². The van der Waals surface area contributed by atoms with Crippen molar-refractivity contribution in [1.82, 2.24) is 19.9 Å². The molecule has 0 spiro atoms. The Hall–Kier alpha value is -2.25. The molecule has 2 atom stereocenters. The maximum absolute atomic E-state index is 12.3. The molecule has 1 aliphatic heterocycles. The Balaban J connectivity index is 1.60. The third-order valence-electron chi connectivity index (χ3n) is 3.81. The van der Waals surface area contributed by atoms with Crippen LogP contribution in [-0.2, 0) is 23.1 Å². The molecule has 3 heterocycles. The van der Waals surface area contributed by atoms with Gasteiger partial charge in [-0.1, -0.05) is 6.07 Å². The van der Waals surface area contributed by atoms with Crippen molar-refractivity contribution in [2.75, 3.05) is 13.2 Å². The van der Waals surface area contributed by atoms with Crippen LogP contribution in [0.25, 0.3) is 0 Å². The van der Waals surface area contributed by atoms with E-state index < -0.39 is 0 Å². The number of ether oxygens (including phenoxy) is 2. The minimum Gasteiger partial charge on any atom is -0.379 e. The van der Waals surface area contributed by atoms with Crippen LogP contribution in [0.15, 0.2) is 36.8 Å². The van der Waals surface area contributed by atoms with Gasteiger partial charge in [0, 0.05) is 32.2 Å². The Labute approximate surface area is 134 Å². The fourth-order valence-corrected chi connectivity index (χ4v) is 2.55. The van der Waals surface area contributed by atoms with E-state index in [1.165, 1.54) is 0 Å². The third-order valence-corrected chi connectivity index (χ3v) is 3.81. The van der Waals surface area contributed by atoms with Crippen LogP contribution in [0.5, 0.6) is 0 Å². The Morgan fingerprint density at radius 2 is 2.35 bits per heavy atom. The van der Waals surface area contributed by atoms with Crippen LogP contribution in [-0.4, -0.2) is 45.8 Å². The molecule has 7 nitrogen and oxygen atoms in total. The van der Waals surface area contributed by atoms with Crippen LogP contribution in [0.1, 0.15) is 22.7 Å². The lowest BCUT2D eigenvalue weighted by Gasteiger charge is -2.31. The molecule has 23 heavy (non-hydrogen) atoms. The summed E-state index contributed by atoms with van der Waals surface area (Å²) in [4.78, 5) is 20.6. The van der Waals surface area contributed by atoms with Crippen molar-refractivity contribution >= 4 is 5.91 Å². The number of amides is 1. The zero-order valence-electron chi connectivity index (χ0n) is 13.0. The first kappa shape index (κ1) is 15.6. The van der Waals surface area contributed by atoms with Gasteiger partial charge in [-0.05, 0) is 18.6 Å². The summed E-state index contributed by atoms with van der Waals surface area (Å²) in [5.41, 5.74) is 0.869. The summed E-state index contributed by atoms with van der Waals surface area (Å²) in [5.74, 6) is 0.151. The number of aromatic nitrogens is 3. The van der Waals surface area contributed by atoms with Crippen LogP contribution in [0.3, 0.4) is 0 Å². The van der Waals surface area contributed by atoms with Gasteiger partial charge in [-0.2, -0.15) is 0 Å². The monoisotopic (exact) mass is 316 g/mol. The summed E-state index contributed by atoms with van der Waals surface area (Å²) in [6, 6.07) is 5.52. The molecule has 2 aromatic rings. The molecule has 1 N–H and O–H groups in total.